The van der Waals surface area contributed by atoms with Crippen LogP contribution in [0.5, 0.6) is 0 Å². The zero-order valence-electron chi connectivity index (χ0n) is 17.1. The molecule has 3 heterocycles. The fraction of sp³-hybridized carbons (Fsp3) is 0.208. The summed E-state index contributed by atoms with van der Waals surface area (Å²) in [5, 5.41) is 0.00708. The van der Waals surface area contributed by atoms with E-state index in [1.165, 1.54) is 12.4 Å². The molecule has 1 atom stereocenters. The zero-order chi connectivity index (χ0) is 21.7. The summed E-state index contributed by atoms with van der Waals surface area (Å²) >= 11 is 0. The molecule has 3 aromatic heterocycles. The van der Waals surface area contributed by atoms with Crippen molar-refractivity contribution in [2.75, 3.05) is 0 Å². The molecule has 0 radical (unpaired) electrons. The molecule has 0 bridgehead atoms. The lowest BCUT2D eigenvalue weighted by molar-refractivity contribution is 0.544. The summed E-state index contributed by atoms with van der Waals surface area (Å²) in [5.74, 6) is 0.384. The molecule has 7 nitrogen and oxygen atoms in total. The highest BCUT2D eigenvalue weighted by Crippen LogP contribution is 2.44. The number of halogens is 1. The van der Waals surface area contributed by atoms with Crippen LogP contribution in [0.1, 0.15) is 30.3 Å². The second-order valence-electron chi connectivity index (χ2n) is 8.15. The van der Waals surface area contributed by atoms with E-state index in [1.807, 2.05) is 30.3 Å². The highest BCUT2D eigenvalue weighted by Gasteiger charge is 2.37. The van der Waals surface area contributed by atoms with Crippen molar-refractivity contribution in [3.05, 3.63) is 88.9 Å². The summed E-state index contributed by atoms with van der Waals surface area (Å²) in [4.78, 5) is 34.5. The number of benzene rings is 2. The second-order valence-corrected chi connectivity index (χ2v) is 8.15. The van der Waals surface area contributed by atoms with Crippen LogP contribution in [0, 0.1) is 11.7 Å². The van der Waals surface area contributed by atoms with Gasteiger partial charge in [-0.05, 0) is 43.0 Å². The van der Waals surface area contributed by atoms with Crippen molar-refractivity contribution < 1.29 is 4.39 Å². The van der Waals surface area contributed by atoms with E-state index in [2.05, 4.69) is 19.9 Å². The summed E-state index contributed by atoms with van der Waals surface area (Å²) in [6.45, 7) is 0. The number of H-pyrrole nitrogens is 1. The summed E-state index contributed by atoms with van der Waals surface area (Å²) < 4.78 is 16.2. The Balaban J connectivity index is 1.59. The first-order valence-corrected chi connectivity index (χ1v) is 10.6. The van der Waals surface area contributed by atoms with Gasteiger partial charge in [0.2, 0.25) is 0 Å². The van der Waals surface area contributed by atoms with E-state index in [1.54, 1.807) is 23.0 Å². The van der Waals surface area contributed by atoms with Crippen LogP contribution in [0.4, 0.5) is 4.39 Å². The number of para-hydroxylation sites is 1. The quantitative estimate of drug-likeness (QED) is 0.460. The van der Waals surface area contributed by atoms with Gasteiger partial charge in [-0.25, -0.2) is 24.3 Å². The molecule has 1 fully saturated rings. The van der Waals surface area contributed by atoms with Gasteiger partial charge in [0.05, 0.1) is 23.2 Å². The normalized spacial score (nSPS) is 14.8. The van der Waals surface area contributed by atoms with Gasteiger partial charge in [-0.2, -0.15) is 0 Å². The fourth-order valence-electron chi connectivity index (χ4n) is 4.43. The molecule has 1 saturated carbocycles. The molecule has 0 spiro atoms. The number of rotatable bonds is 5. The minimum absolute atomic E-state index is 0.00708. The molecule has 1 aliphatic carbocycles. The standard InChI is InChI=1S/C24H19FN6O/c25-17-7-4-8-18-20(17)24(32)31(15-5-2-1-3-6-15)23(30-18)16(14-9-10-14)11-19-21-22(28-12-26-19)29-13-27-21/h1-8,12-14,16H,9-11H2,(H,26,27,28,29)/t16-/m0/s1. The molecule has 158 valence electrons. The van der Waals surface area contributed by atoms with Crippen LogP contribution in [-0.2, 0) is 6.42 Å². The van der Waals surface area contributed by atoms with E-state index in [-0.39, 0.29) is 11.3 Å². The highest BCUT2D eigenvalue weighted by atomic mass is 19.1. The molecule has 2 aromatic carbocycles. The second kappa shape index (κ2) is 7.33. The number of fused-ring (bicyclic) bond motifs is 2. The van der Waals surface area contributed by atoms with E-state index in [4.69, 9.17) is 4.98 Å². The monoisotopic (exact) mass is 426 g/mol. The lowest BCUT2D eigenvalue weighted by Crippen LogP contribution is -2.28. The van der Waals surface area contributed by atoms with Crippen molar-refractivity contribution in [1.82, 2.24) is 29.5 Å². The van der Waals surface area contributed by atoms with Crippen LogP contribution in [-0.4, -0.2) is 29.5 Å². The maximum atomic E-state index is 14.7. The number of nitrogens with zero attached hydrogens (tertiary/aromatic N) is 5. The van der Waals surface area contributed by atoms with Crippen LogP contribution in [0.15, 0.2) is 66.0 Å². The molecule has 0 amide bonds. The van der Waals surface area contributed by atoms with Crippen molar-refractivity contribution in [1.29, 1.82) is 0 Å². The molecule has 0 unspecified atom stereocenters. The largest absolute Gasteiger partial charge is 0.342 e. The third-order valence-electron chi connectivity index (χ3n) is 6.12. The third kappa shape index (κ3) is 3.07. The van der Waals surface area contributed by atoms with Crippen molar-refractivity contribution in [3.8, 4) is 5.69 Å². The van der Waals surface area contributed by atoms with Crippen LogP contribution in [0.3, 0.4) is 0 Å². The molecule has 1 N–H and O–H groups in total. The SMILES string of the molecule is O=c1c2c(F)cccc2nc([C@@H](Cc2ncnc3nc[nH]c23)C2CC2)n1-c1ccccc1. The Morgan fingerprint density at radius 3 is 2.72 bits per heavy atom. The molecule has 1 aliphatic rings. The molecule has 0 aliphatic heterocycles. The molecule has 32 heavy (non-hydrogen) atoms. The zero-order valence-corrected chi connectivity index (χ0v) is 17.1. The van der Waals surface area contributed by atoms with Gasteiger partial charge in [0, 0.05) is 12.3 Å². The van der Waals surface area contributed by atoms with E-state index in [9.17, 15) is 9.18 Å². The first kappa shape index (κ1) is 18.8. The molecule has 0 saturated heterocycles. The van der Waals surface area contributed by atoms with Crippen LogP contribution in [0.2, 0.25) is 0 Å². The molecule has 5 aromatic rings. The highest BCUT2D eigenvalue weighted by molar-refractivity contribution is 5.79. The van der Waals surface area contributed by atoms with Crippen LogP contribution in [0.25, 0.3) is 27.8 Å². The smallest absolute Gasteiger partial charge is 0.268 e. The Kier molecular flexibility index (Phi) is 4.31. The summed E-state index contributed by atoms with van der Waals surface area (Å²) in [7, 11) is 0. The Bertz CT molecular complexity index is 1510. The lowest BCUT2D eigenvalue weighted by atomic mass is 9.95. The fourth-order valence-corrected chi connectivity index (χ4v) is 4.43. The summed E-state index contributed by atoms with van der Waals surface area (Å²) in [6, 6.07) is 13.9. The van der Waals surface area contributed by atoms with Gasteiger partial charge in [0.25, 0.3) is 5.56 Å². The van der Waals surface area contributed by atoms with Crippen LogP contribution >= 0.6 is 0 Å². The maximum Gasteiger partial charge on any atom is 0.268 e. The van der Waals surface area contributed by atoms with E-state index >= 15 is 0 Å². The van der Waals surface area contributed by atoms with Gasteiger partial charge in [-0.3, -0.25) is 9.36 Å². The Hall–Kier alpha value is -3.94. The number of aromatic amines is 1. The average Bonchev–Trinajstić information content (AvgIpc) is 3.53. The predicted molar refractivity (Wildman–Crippen MR) is 118 cm³/mol. The molecular weight excluding hydrogens is 407 g/mol. The van der Waals surface area contributed by atoms with Crippen LogP contribution < -0.4 is 5.56 Å². The van der Waals surface area contributed by atoms with E-state index in [0.717, 1.165) is 24.1 Å². The number of aromatic nitrogens is 6. The van der Waals surface area contributed by atoms with Gasteiger partial charge in [-0.15, -0.1) is 0 Å². The van der Waals surface area contributed by atoms with Crippen molar-refractivity contribution in [2.45, 2.75) is 25.2 Å². The topological polar surface area (TPSA) is 89.3 Å². The average molecular weight is 426 g/mol. The van der Waals surface area contributed by atoms with Crippen molar-refractivity contribution >= 4 is 22.1 Å². The van der Waals surface area contributed by atoms with Gasteiger partial charge in [0.1, 0.15) is 28.9 Å². The third-order valence-corrected chi connectivity index (χ3v) is 6.12. The first-order chi connectivity index (χ1) is 15.7. The van der Waals surface area contributed by atoms with Crippen molar-refractivity contribution in [3.63, 3.8) is 0 Å². The van der Waals surface area contributed by atoms with E-state index < -0.39 is 11.4 Å². The maximum absolute atomic E-state index is 14.7. The minimum atomic E-state index is -0.561. The number of hydrogen-bond acceptors (Lipinski definition) is 5. The summed E-state index contributed by atoms with van der Waals surface area (Å²) in [6.07, 6.45) is 5.79. The van der Waals surface area contributed by atoms with Gasteiger partial charge in [-0.1, -0.05) is 24.3 Å². The number of hydrogen-bond donors (Lipinski definition) is 1. The van der Waals surface area contributed by atoms with Crippen molar-refractivity contribution in [2.24, 2.45) is 5.92 Å². The molecule has 6 rings (SSSR count). The summed E-state index contributed by atoms with van der Waals surface area (Å²) in [5.41, 5.74) is 2.88. The first-order valence-electron chi connectivity index (χ1n) is 10.6. The minimum Gasteiger partial charge on any atom is -0.342 e. The Morgan fingerprint density at radius 1 is 1.06 bits per heavy atom. The Labute approximate surface area is 182 Å². The van der Waals surface area contributed by atoms with E-state index in [0.29, 0.717) is 35.0 Å². The lowest BCUT2D eigenvalue weighted by Gasteiger charge is -2.21. The van der Waals surface area contributed by atoms with Gasteiger partial charge >= 0.3 is 0 Å². The predicted octanol–water partition coefficient (Wildman–Crippen LogP) is 3.93. The van der Waals surface area contributed by atoms with Gasteiger partial charge < -0.3 is 4.98 Å². The van der Waals surface area contributed by atoms with Gasteiger partial charge in [0.15, 0.2) is 5.65 Å². The number of nitrogens with one attached hydrogen (secondary N) is 1. The molecule has 8 heteroatoms. The Morgan fingerprint density at radius 2 is 1.91 bits per heavy atom. The molecular formula is C24H19FN6O. The number of imidazole rings is 1.